The second kappa shape index (κ2) is 12.7. The van der Waals surface area contributed by atoms with Crippen LogP contribution in [0.2, 0.25) is 0 Å². The Morgan fingerprint density at radius 1 is 1.02 bits per heavy atom. The third kappa shape index (κ3) is 7.86. The molecule has 0 spiro atoms. The van der Waals surface area contributed by atoms with Crippen LogP contribution < -0.4 is 5.32 Å². The van der Waals surface area contributed by atoms with Crippen LogP contribution in [-0.4, -0.2) is 45.4 Å². The van der Waals surface area contributed by atoms with Crippen molar-refractivity contribution in [2.75, 3.05) is 25.0 Å². The predicted molar refractivity (Wildman–Crippen MR) is 166 cm³/mol. The second-order valence-electron chi connectivity index (χ2n) is 12.5. The Balaban J connectivity index is 1.25. The van der Waals surface area contributed by atoms with Gasteiger partial charge >= 0.3 is 0 Å². The first kappa shape index (κ1) is 28.6. The van der Waals surface area contributed by atoms with Gasteiger partial charge in [-0.05, 0) is 96.8 Å². The average Bonchev–Trinajstić information content (AvgIpc) is 3.19. The van der Waals surface area contributed by atoms with Gasteiger partial charge in [0.1, 0.15) is 5.82 Å². The van der Waals surface area contributed by atoms with E-state index in [0.29, 0.717) is 29.1 Å². The van der Waals surface area contributed by atoms with Gasteiger partial charge in [-0.1, -0.05) is 45.4 Å². The second-order valence-corrected chi connectivity index (χ2v) is 12.5. The van der Waals surface area contributed by atoms with Gasteiger partial charge in [0, 0.05) is 54.9 Å². The number of hydrogen-bond acceptors (Lipinski definition) is 5. The SMILES string of the molecule is Cc1ccc(C(=O)Nc2ccc(C3CCCCN(CC(C)(C)C)C3)cc2)cc1Cc1nccc(-c2cccnc2)n1. The van der Waals surface area contributed by atoms with Crippen molar-refractivity contribution in [1.82, 2.24) is 19.9 Å². The topological polar surface area (TPSA) is 71.0 Å². The van der Waals surface area contributed by atoms with Gasteiger partial charge < -0.3 is 10.2 Å². The molecule has 1 aliphatic heterocycles. The normalized spacial score (nSPS) is 16.2. The lowest BCUT2D eigenvalue weighted by atomic mass is 9.92. The highest BCUT2D eigenvalue weighted by atomic mass is 16.1. The standard InChI is InChI=1S/C35H41N5O/c1-25-10-11-27(20-30(25)21-33-37-18-16-32(39-33)28-9-7-17-36-22-28)34(41)38-31-14-12-26(13-15-31)29-8-5-6-19-40(23-29)24-35(2,3)4/h7,9-18,20,22,29H,5-6,8,19,21,23-24H2,1-4H3,(H,38,41). The summed E-state index contributed by atoms with van der Waals surface area (Å²) < 4.78 is 0. The third-order valence-corrected chi connectivity index (χ3v) is 7.72. The van der Waals surface area contributed by atoms with Crippen molar-refractivity contribution in [3.05, 3.63) is 107 Å². The summed E-state index contributed by atoms with van der Waals surface area (Å²) in [6.07, 6.45) is 9.61. The lowest BCUT2D eigenvalue weighted by Crippen LogP contribution is -2.35. The summed E-state index contributed by atoms with van der Waals surface area (Å²) in [5, 5.41) is 3.09. The maximum atomic E-state index is 13.2. The highest BCUT2D eigenvalue weighted by Crippen LogP contribution is 2.29. The lowest BCUT2D eigenvalue weighted by molar-refractivity contribution is 0.102. The van der Waals surface area contributed by atoms with Gasteiger partial charge in [-0.3, -0.25) is 9.78 Å². The van der Waals surface area contributed by atoms with E-state index in [1.54, 1.807) is 18.6 Å². The van der Waals surface area contributed by atoms with E-state index in [2.05, 4.69) is 60.0 Å². The molecule has 0 aliphatic carbocycles. The van der Waals surface area contributed by atoms with Crippen LogP contribution in [0.4, 0.5) is 5.69 Å². The largest absolute Gasteiger partial charge is 0.322 e. The number of benzene rings is 2. The number of likely N-dealkylation sites (tertiary alicyclic amines) is 1. The van der Waals surface area contributed by atoms with Crippen molar-refractivity contribution in [3.63, 3.8) is 0 Å². The zero-order valence-electron chi connectivity index (χ0n) is 24.7. The summed E-state index contributed by atoms with van der Waals surface area (Å²) in [4.78, 5) is 29.3. The number of anilines is 1. The first-order chi connectivity index (χ1) is 19.7. The fourth-order valence-electron chi connectivity index (χ4n) is 5.68. The van der Waals surface area contributed by atoms with Crippen LogP contribution in [0.1, 0.15) is 78.8 Å². The maximum absolute atomic E-state index is 13.2. The molecule has 1 N–H and O–H groups in total. The number of amides is 1. The molecule has 1 atom stereocenters. The van der Waals surface area contributed by atoms with Crippen LogP contribution in [0.5, 0.6) is 0 Å². The van der Waals surface area contributed by atoms with Crippen molar-refractivity contribution in [2.45, 2.75) is 59.3 Å². The maximum Gasteiger partial charge on any atom is 0.255 e. The molecule has 3 heterocycles. The molecule has 1 fully saturated rings. The van der Waals surface area contributed by atoms with Crippen molar-refractivity contribution in [3.8, 4) is 11.3 Å². The molecule has 0 saturated carbocycles. The van der Waals surface area contributed by atoms with Gasteiger partial charge in [0.15, 0.2) is 0 Å². The zero-order chi connectivity index (χ0) is 28.8. The quantitative estimate of drug-likeness (QED) is 0.263. The Bertz CT molecular complexity index is 1460. The van der Waals surface area contributed by atoms with Crippen LogP contribution >= 0.6 is 0 Å². The minimum absolute atomic E-state index is 0.116. The molecule has 1 saturated heterocycles. The highest BCUT2D eigenvalue weighted by molar-refractivity contribution is 6.04. The monoisotopic (exact) mass is 547 g/mol. The average molecular weight is 548 g/mol. The number of pyridine rings is 1. The van der Waals surface area contributed by atoms with E-state index in [9.17, 15) is 4.79 Å². The van der Waals surface area contributed by atoms with Crippen molar-refractivity contribution < 1.29 is 4.79 Å². The van der Waals surface area contributed by atoms with Crippen LogP contribution in [0, 0.1) is 12.3 Å². The van der Waals surface area contributed by atoms with Crippen LogP contribution in [0.3, 0.4) is 0 Å². The van der Waals surface area contributed by atoms with E-state index in [1.165, 1.54) is 31.4 Å². The summed E-state index contributed by atoms with van der Waals surface area (Å²) in [5.74, 6) is 1.13. The first-order valence-corrected chi connectivity index (χ1v) is 14.7. The molecule has 1 unspecified atom stereocenters. The number of aromatic nitrogens is 3. The molecule has 5 rings (SSSR count). The molecule has 1 amide bonds. The first-order valence-electron chi connectivity index (χ1n) is 14.7. The minimum atomic E-state index is -0.116. The van der Waals surface area contributed by atoms with Crippen LogP contribution in [-0.2, 0) is 6.42 Å². The van der Waals surface area contributed by atoms with E-state index in [0.717, 1.165) is 41.2 Å². The van der Waals surface area contributed by atoms with Crippen LogP contribution in [0.25, 0.3) is 11.3 Å². The van der Waals surface area contributed by atoms with Gasteiger partial charge in [-0.2, -0.15) is 0 Å². The smallest absolute Gasteiger partial charge is 0.255 e. The van der Waals surface area contributed by atoms with Gasteiger partial charge in [0.05, 0.1) is 5.69 Å². The predicted octanol–water partition coefficient (Wildman–Crippen LogP) is 7.31. The van der Waals surface area contributed by atoms with Crippen molar-refractivity contribution >= 4 is 11.6 Å². The van der Waals surface area contributed by atoms with E-state index < -0.39 is 0 Å². The van der Waals surface area contributed by atoms with Crippen molar-refractivity contribution in [1.29, 1.82) is 0 Å². The number of carbonyl (C=O) groups is 1. The Morgan fingerprint density at radius 3 is 2.61 bits per heavy atom. The summed E-state index contributed by atoms with van der Waals surface area (Å²) in [5.41, 5.74) is 7.02. The molecule has 0 bridgehead atoms. The van der Waals surface area contributed by atoms with Gasteiger partial charge in [-0.25, -0.2) is 9.97 Å². The van der Waals surface area contributed by atoms with Gasteiger partial charge in [0.25, 0.3) is 5.91 Å². The van der Waals surface area contributed by atoms with E-state index >= 15 is 0 Å². The molecule has 2 aromatic heterocycles. The number of carbonyl (C=O) groups excluding carboxylic acids is 1. The van der Waals surface area contributed by atoms with Crippen molar-refractivity contribution in [2.24, 2.45) is 5.41 Å². The Labute approximate surface area is 244 Å². The molecule has 2 aromatic carbocycles. The Morgan fingerprint density at radius 2 is 1.85 bits per heavy atom. The molecule has 4 aromatic rings. The number of aryl methyl sites for hydroxylation is 1. The Hall–Kier alpha value is -3.90. The molecule has 6 heteroatoms. The Kier molecular flexibility index (Phi) is 8.89. The number of nitrogens with one attached hydrogen (secondary N) is 1. The van der Waals surface area contributed by atoms with E-state index in [-0.39, 0.29) is 5.91 Å². The van der Waals surface area contributed by atoms with Gasteiger partial charge in [-0.15, -0.1) is 0 Å². The number of hydrogen-bond donors (Lipinski definition) is 1. The van der Waals surface area contributed by atoms with E-state index in [4.69, 9.17) is 4.98 Å². The lowest BCUT2D eigenvalue weighted by Gasteiger charge is -2.31. The summed E-state index contributed by atoms with van der Waals surface area (Å²) in [6.45, 7) is 12.4. The highest BCUT2D eigenvalue weighted by Gasteiger charge is 2.23. The van der Waals surface area contributed by atoms with Gasteiger partial charge in [0.2, 0.25) is 0 Å². The molecule has 6 nitrogen and oxygen atoms in total. The number of rotatable bonds is 7. The molecule has 41 heavy (non-hydrogen) atoms. The molecule has 1 aliphatic rings. The minimum Gasteiger partial charge on any atom is -0.322 e. The zero-order valence-corrected chi connectivity index (χ0v) is 24.7. The fraction of sp³-hybridized carbons (Fsp3) is 0.371. The fourth-order valence-corrected chi connectivity index (χ4v) is 5.68. The molecular formula is C35H41N5O. The molecular weight excluding hydrogens is 506 g/mol. The third-order valence-electron chi connectivity index (χ3n) is 7.72. The van der Waals surface area contributed by atoms with Crippen LogP contribution in [0.15, 0.2) is 79.3 Å². The molecule has 212 valence electrons. The summed E-state index contributed by atoms with van der Waals surface area (Å²) in [7, 11) is 0. The molecule has 0 radical (unpaired) electrons. The summed E-state index contributed by atoms with van der Waals surface area (Å²) >= 11 is 0. The summed E-state index contributed by atoms with van der Waals surface area (Å²) in [6, 6.07) is 20.1. The van der Waals surface area contributed by atoms with E-state index in [1.807, 2.05) is 48.5 Å². The number of nitrogens with zero attached hydrogens (tertiary/aromatic N) is 4.